The first-order chi connectivity index (χ1) is 16.0. The van der Waals surface area contributed by atoms with Crippen molar-refractivity contribution in [3.8, 4) is 0 Å². The molecule has 4 nitrogen and oxygen atoms in total. The van der Waals surface area contributed by atoms with Crippen LogP contribution in [0.4, 0.5) is 0 Å². The van der Waals surface area contributed by atoms with Crippen molar-refractivity contribution in [2.24, 2.45) is 5.92 Å². The zero-order valence-corrected chi connectivity index (χ0v) is 20.1. The lowest BCUT2D eigenvalue weighted by Gasteiger charge is -2.42. The highest BCUT2D eigenvalue weighted by Gasteiger charge is 2.48. The summed E-state index contributed by atoms with van der Waals surface area (Å²) in [6, 6.07) is 20.1. The highest BCUT2D eigenvalue weighted by molar-refractivity contribution is 5.81. The molecule has 0 bridgehead atoms. The zero-order valence-electron chi connectivity index (χ0n) is 20.1. The van der Waals surface area contributed by atoms with Crippen molar-refractivity contribution < 1.29 is 19.1 Å². The van der Waals surface area contributed by atoms with E-state index in [-0.39, 0.29) is 12.0 Å². The van der Waals surface area contributed by atoms with Gasteiger partial charge >= 0.3 is 5.97 Å². The first-order valence-corrected chi connectivity index (χ1v) is 12.9. The number of quaternary nitrogens is 1. The van der Waals surface area contributed by atoms with Crippen molar-refractivity contribution in [3.63, 3.8) is 0 Å². The lowest BCUT2D eigenvalue weighted by Crippen LogP contribution is -2.55. The summed E-state index contributed by atoms with van der Waals surface area (Å²) in [7, 11) is 2.29. The average Bonchev–Trinajstić information content (AvgIpc) is 2.85. The van der Waals surface area contributed by atoms with E-state index in [0.29, 0.717) is 5.56 Å². The van der Waals surface area contributed by atoms with Gasteiger partial charge in [-0.25, -0.2) is 4.79 Å². The van der Waals surface area contributed by atoms with E-state index in [2.05, 4.69) is 37.4 Å². The van der Waals surface area contributed by atoms with Crippen LogP contribution in [-0.2, 0) is 21.6 Å². The highest BCUT2D eigenvalue weighted by Crippen LogP contribution is 2.41. The fourth-order valence-electron chi connectivity index (χ4n) is 5.96. The second kappa shape index (κ2) is 10.8. The summed E-state index contributed by atoms with van der Waals surface area (Å²) in [5.41, 5.74) is 0.512. The Morgan fingerprint density at radius 3 is 2.33 bits per heavy atom. The van der Waals surface area contributed by atoms with Crippen molar-refractivity contribution in [1.29, 1.82) is 0 Å². The van der Waals surface area contributed by atoms with Gasteiger partial charge in [0.25, 0.3) is 0 Å². The minimum absolute atomic E-state index is 0.0727. The summed E-state index contributed by atoms with van der Waals surface area (Å²) in [5, 5.41) is 11.8. The Hall–Kier alpha value is -2.17. The van der Waals surface area contributed by atoms with E-state index in [1.807, 2.05) is 30.3 Å². The molecule has 2 aromatic rings. The van der Waals surface area contributed by atoms with E-state index in [9.17, 15) is 9.90 Å². The van der Waals surface area contributed by atoms with Crippen LogP contribution in [0.2, 0.25) is 0 Å². The molecule has 0 aromatic heterocycles. The number of likely N-dealkylation sites (tertiary alicyclic amines) is 1. The van der Waals surface area contributed by atoms with Gasteiger partial charge in [0.15, 0.2) is 11.7 Å². The highest BCUT2D eigenvalue weighted by atomic mass is 16.6. The molecule has 0 spiro atoms. The number of carbonyl (C=O) groups excluding carboxylic acids is 1. The topological polar surface area (TPSA) is 46.5 Å². The molecule has 2 aliphatic rings. The third-order valence-corrected chi connectivity index (χ3v) is 7.87. The Morgan fingerprint density at radius 2 is 1.64 bits per heavy atom. The zero-order chi connectivity index (χ0) is 23.2. The Labute approximate surface area is 199 Å². The van der Waals surface area contributed by atoms with Gasteiger partial charge in [0.2, 0.25) is 0 Å². The Balaban J connectivity index is 1.41. The molecule has 1 saturated heterocycles. The number of aryl methyl sites for hydroxylation is 1. The predicted molar refractivity (Wildman–Crippen MR) is 132 cm³/mol. The molecule has 178 valence electrons. The van der Waals surface area contributed by atoms with Crippen LogP contribution in [0.3, 0.4) is 0 Å². The van der Waals surface area contributed by atoms with Crippen LogP contribution in [0.5, 0.6) is 0 Å². The largest absolute Gasteiger partial charge is 0.454 e. The van der Waals surface area contributed by atoms with E-state index in [4.69, 9.17) is 4.74 Å². The maximum atomic E-state index is 13.6. The number of nitrogens with zero attached hydrogens (tertiary/aromatic N) is 1. The third-order valence-electron chi connectivity index (χ3n) is 7.87. The van der Waals surface area contributed by atoms with Crippen LogP contribution < -0.4 is 0 Å². The Morgan fingerprint density at radius 1 is 0.970 bits per heavy atom. The normalized spacial score (nSPS) is 25.8. The fraction of sp³-hybridized carbons (Fsp3) is 0.552. The predicted octanol–water partition coefficient (Wildman–Crippen LogP) is 5.24. The van der Waals surface area contributed by atoms with Crippen molar-refractivity contribution in [2.45, 2.75) is 69.5 Å². The van der Waals surface area contributed by atoms with Gasteiger partial charge < -0.3 is 14.3 Å². The van der Waals surface area contributed by atoms with E-state index in [0.717, 1.165) is 75.5 Å². The summed E-state index contributed by atoms with van der Waals surface area (Å²) in [4.78, 5) is 13.6. The van der Waals surface area contributed by atoms with Crippen molar-refractivity contribution >= 4 is 5.97 Å². The molecule has 2 aromatic carbocycles. The van der Waals surface area contributed by atoms with E-state index < -0.39 is 11.6 Å². The molecule has 2 unspecified atom stereocenters. The number of hydrogen-bond donors (Lipinski definition) is 1. The van der Waals surface area contributed by atoms with Crippen molar-refractivity contribution in [2.75, 3.05) is 26.7 Å². The molecule has 1 N–H and O–H groups in total. The molecule has 1 saturated carbocycles. The second-order valence-electron chi connectivity index (χ2n) is 10.5. The van der Waals surface area contributed by atoms with E-state index in [1.165, 1.54) is 12.0 Å². The minimum Gasteiger partial charge on any atom is -0.454 e. The van der Waals surface area contributed by atoms with Gasteiger partial charge in [-0.15, -0.1) is 0 Å². The minimum atomic E-state index is -1.55. The smallest absolute Gasteiger partial charge is 0.343 e. The number of ether oxygens (including phenoxy) is 1. The molecular formula is C29H40NO3+. The lowest BCUT2D eigenvalue weighted by atomic mass is 9.73. The van der Waals surface area contributed by atoms with Crippen LogP contribution in [0.1, 0.15) is 62.5 Å². The van der Waals surface area contributed by atoms with Gasteiger partial charge in [-0.05, 0) is 36.8 Å². The third kappa shape index (κ3) is 5.85. The summed E-state index contributed by atoms with van der Waals surface area (Å²) >= 11 is 0. The number of esters is 1. The van der Waals surface area contributed by atoms with E-state index in [1.54, 1.807) is 0 Å². The first kappa shape index (κ1) is 24.0. The number of piperidine rings is 1. The van der Waals surface area contributed by atoms with Gasteiger partial charge in [0.05, 0.1) is 20.1 Å². The van der Waals surface area contributed by atoms with Crippen molar-refractivity contribution in [3.05, 3.63) is 71.8 Å². The summed E-state index contributed by atoms with van der Waals surface area (Å²) in [6.45, 7) is 3.03. The molecule has 4 heteroatoms. The quantitative estimate of drug-likeness (QED) is 0.442. The summed E-state index contributed by atoms with van der Waals surface area (Å²) < 4.78 is 7.05. The van der Waals surface area contributed by atoms with Crippen LogP contribution in [0.25, 0.3) is 0 Å². The fourth-order valence-corrected chi connectivity index (χ4v) is 5.96. The van der Waals surface area contributed by atoms with Gasteiger partial charge in [0.1, 0.15) is 6.54 Å². The number of hydrogen-bond acceptors (Lipinski definition) is 3. The SMILES string of the molecule is C[N@@+]1(CCCc2ccccc2)CCCC(OC(=O)C(O)(c2ccccc2)C2CCCCC2)C1. The molecular weight excluding hydrogens is 410 g/mol. The molecule has 2 fully saturated rings. The standard InChI is InChI=1S/C29H40NO3/c1-30(21-11-15-24-13-5-2-6-14-24)22-12-20-27(23-30)33-28(31)29(32,25-16-7-3-8-17-25)26-18-9-4-10-19-26/h2-3,5-8,13-14,16-17,26-27,32H,4,9-12,15,18-23H2,1H3/q+1/t27?,29?,30-/m1/s1. The number of benzene rings is 2. The molecule has 0 amide bonds. The van der Waals surface area contributed by atoms with Crippen molar-refractivity contribution in [1.82, 2.24) is 0 Å². The van der Waals surface area contributed by atoms with Crippen LogP contribution >= 0.6 is 0 Å². The van der Waals surface area contributed by atoms with Crippen LogP contribution in [-0.4, -0.2) is 48.3 Å². The van der Waals surface area contributed by atoms with E-state index >= 15 is 0 Å². The van der Waals surface area contributed by atoms with Crippen LogP contribution in [0, 0.1) is 5.92 Å². The molecule has 4 rings (SSSR count). The average molecular weight is 451 g/mol. The maximum absolute atomic E-state index is 13.6. The van der Waals surface area contributed by atoms with Gasteiger partial charge in [-0.3, -0.25) is 0 Å². The molecule has 33 heavy (non-hydrogen) atoms. The first-order valence-electron chi connectivity index (χ1n) is 12.9. The molecule has 0 radical (unpaired) electrons. The maximum Gasteiger partial charge on any atom is 0.343 e. The van der Waals surface area contributed by atoms with Gasteiger partial charge in [0, 0.05) is 18.8 Å². The molecule has 1 aliphatic heterocycles. The lowest BCUT2D eigenvalue weighted by molar-refractivity contribution is -0.917. The number of rotatable bonds is 8. The second-order valence-corrected chi connectivity index (χ2v) is 10.5. The van der Waals surface area contributed by atoms with Gasteiger partial charge in [-0.2, -0.15) is 0 Å². The Kier molecular flexibility index (Phi) is 7.87. The monoisotopic (exact) mass is 450 g/mol. The number of likely N-dealkylation sites (N-methyl/N-ethyl adjacent to an activating group) is 1. The summed E-state index contributed by atoms with van der Waals surface area (Å²) in [6.07, 6.45) is 9.05. The van der Waals surface area contributed by atoms with Crippen LogP contribution in [0.15, 0.2) is 60.7 Å². The van der Waals surface area contributed by atoms with Gasteiger partial charge in [-0.1, -0.05) is 79.9 Å². The summed E-state index contributed by atoms with van der Waals surface area (Å²) in [5.74, 6) is -0.514. The molecule has 1 heterocycles. The molecule has 1 aliphatic carbocycles. The number of aliphatic hydroxyl groups is 1. The molecule has 3 atom stereocenters. The number of carbonyl (C=O) groups is 1. The Bertz CT molecular complexity index is 880.